The van der Waals surface area contributed by atoms with Gasteiger partial charge in [-0.25, -0.2) is 39.9 Å². The smallest absolute Gasteiger partial charge is 0.223 e. The fourth-order valence-corrected chi connectivity index (χ4v) is 11.5. The summed E-state index contributed by atoms with van der Waals surface area (Å²) in [5.41, 5.74) is 20.1. The average Bonchev–Trinajstić information content (AvgIpc) is 0.934. The topological polar surface area (TPSA) is 116 Å². The first-order valence-electron chi connectivity index (χ1n) is 29.4. The molecular formula is C79H51Cl4N9. The number of aromatic nitrogens is 9. The summed E-state index contributed by atoms with van der Waals surface area (Å²) in [6, 6.07) is 102. The minimum atomic E-state index is 0.240. The lowest BCUT2D eigenvalue weighted by Gasteiger charge is -2.09. The summed E-state index contributed by atoms with van der Waals surface area (Å²) in [7, 11) is 0. The van der Waals surface area contributed by atoms with Crippen molar-refractivity contribution in [2.45, 2.75) is 0 Å². The zero-order chi connectivity index (χ0) is 62.6. The van der Waals surface area contributed by atoms with E-state index in [0.29, 0.717) is 0 Å². The van der Waals surface area contributed by atoms with Crippen LogP contribution in [0.2, 0.25) is 21.1 Å². The van der Waals surface area contributed by atoms with Gasteiger partial charge in [-0.2, -0.15) is 0 Å². The molecule has 92 heavy (non-hydrogen) atoms. The Balaban J connectivity index is 0.000000114. The van der Waals surface area contributed by atoms with Crippen molar-refractivity contribution < 1.29 is 0 Å². The number of rotatable bonds is 8. The highest BCUT2D eigenvalue weighted by Crippen LogP contribution is 2.35. The van der Waals surface area contributed by atoms with Gasteiger partial charge in [0.05, 0.1) is 44.8 Å². The van der Waals surface area contributed by atoms with Gasteiger partial charge in [0.25, 0.3) is 0 Å². The van der Waals surface area contributed by atoms with Crippen molar-refractivity contribution >= 4 is 90.0 Å². The summed E-state index contributed by atoms with van der Waals surface area (Å²) in [6.07, 6.45) is 1.74. The number of fused-ring (bicyclic) bond motifs is 4. The molecule has 0 unspecified atom stereocenters. The van der Waals surface area contributed by atoms with Crippen LogP contribution in [0.3, 0.4) is 0 Å². The molecule has 0 saturated heterocycles. The van der Waals surface area contributed by atoms with Gasteiger partial charge in [-0.3, -0.25) is 4.98 Å². The first-order valence-corrected chi connectivity index (χ1v) is 30.9. The van der Waals surface area contributed by atoms with Gasteiger partial charge in [-0.05, 0) is 139 Å². The molecule has 16 aromatic rings. The standard InChI is InChI=1S/C26H17ClN2.2C20H13ClN2.C13H8ClN3/c27-26-28-24-12-5-4-11-23(24)25(29-26)20-15-13-19(14-16-20)22-10-6-9-21(17-22)18-7-2-1-3-8-18;21-20-22-18-12-5-4-11-17(18)19(23-20)16-10-6-9-15(13-16)14-7-2-1-3-8-14;21-20-22-18-9-5-4-8-17(18)19(23-20)16-12-10-15(11-13-16)14-6-2-1-3-7-14;14-13-16-10-6-2-1-5-9(10)12(17-13)11-7-3-4-8-15-11/h1-17H;2*1-13H;1-8H. The molecule has 9 nitrogen and oxygen atoms in total. The van der Waals surface area contributed by atoms with Crippen LogP contribution in [-0.2, 0) is 0 Å². The zero-order valence-electron chi connectivity index (χ0n) is 49.0. The van der Waals surface area contributed by atoms with Crippen molar-refractivity contribution in [1.82, 2.24) is 44.9 Å². The first-order chi connectivity index (χ1) is 45.2. The Hall–Kier alpha value is -10.9. The maximum Gasteiger partial charge on any atom is 0.223 e. The Labute approximate surface area is 551 Å². The number of hydrogen-bond acceptors (Lipinski definition) is 9. The van der Waals surface area contributed by atoms with E-state index >= 15 is 0 Å². The van der Waals surface area contributed by atoms with E-state index in [4.69, 9.17) is 46.4 Å². The molecule has 16 rings (SSSR count). The van der Waals surface area contributed by atoms with Crippen LogP contribution in [0.4, 0.5) is 0 Å². The van der Waals surface area contributed by atoms with Crippen LogP contribution in [0.5, 0.6) is 0 Å². The molecule has 0 radical (unpaired) electrons. The van der Waals surface area contributed by atoms with Gasteiger partial charge in [-0.15, -0.1) is 0 Å². The predicted octanol–water partition coefficient (Wildman–Crippen LogP) is 21.9. The Bertz CT molecular complexity index is 5210. The highest BCUT2D eigenvalue weighted by molar-refractivity contribution is 6.30. The number of hydrogen-bond donors (Lipinski definition) is 0. The molecule has 0 spiro atoms. The lowest BCUT2D eigenvalue weighted by Crippen LogP contribution is -1.92. The Morgan fingerprint density at radius 3 is 0.826 bits per heavy atom. The molecule has 0 saturated carbocycles. The summed E-state index contributed by atoms with van der Waals surface area (Å²) in [5.74, 6) is 0. The van der Waals surface area contributed by atoms with Crippen molar-refractivity contribution in [3.63, 3.8) is 0 Å². The Morgan fingerprint density at radius 1 is 0.185 bits per heavy atom. The van der Waals surface area contributed by atoms with Crippen LogP contribution < -0.4 is 0 Å². The van der Waals surface area contributed by atoms with E-state index in [-0.39, 0.29) is 21.1 Å². The number of para-hydroxylation sites is 4. The van der Waals surface area contributed by atoms with Crippen LogP contribution in [0, 0.1) is 0 Å². The second-order valence-corrected chi connectivity index (χ2v) is 22.4. The Kier molecular flexibility index (Phi) is 18.5. The number of benzene rings is 11. The Morgan fingerprint density at radius 2 is 0.446 bits per heavy atom. The number of halogens is 4. The maximum atomic E-state index is 6.15. The number of nitrogens with zero attached hydrogens (tertiary/aromatic N) is 9. The molecule has 0 atom stereocenters. The summed E-state index contributed by atoms with van der Waals surface area (Å²) < 4.78 is 0. The van der Waals surface area contributed by atoms with Crippen molar-refractivity contribution in [2.24, 2.45) is 0 Å². The van der Waals surface area contributed by atoms with Crippen molar-refractivity contribution in [2.75, 3.05) is 0 Å². The molecule has 0 bridgehead atoms. The molecular weight excluding hydrogens is 1220 g/mol. The van der Waals surface area contributed by atoms with Crippen LogP contribution in [0.25, 0.3) is 133 Å². The molecule has 0 amide bonds. The second kappa shape index (κ2) is 28.3. The van der Waals surface area contributed by atoms with E-state index < -0.39 is 0 Å². The van der Waals surface area contributed by atoms with Crippen LogP contribution >= 0.6 is 46.4 Å². The quantitative estimate of drug-likeness (QED) is 0.137. The monoisotopic (exact) mass is 1270 g/mol. The predicted molar refractivity (Wildman–Crippen MR) is 379 cm³/mol. The van der Waals surface area contributed by atoms with Gasteiger partial charge >= 0.3 is 0 Å². The minimum absolute atomic E-state index is 0.240. The largest absolute Gasteiger partial charge is 0.255 e. The number of pyridine rings is 1. The molecule has 5 heterocycles. The van der Waals surface area contributed by atoms with E-state index in [1.807, 2.05) is 164 Å². The van der Waals surface area contributed by atoms with Gasteiger partial charge in [0.1, 0.15) is 5.69 Å². The lowest BCUT2D eigenvalue weighted by molar-refractivity contribution is 1.20. The molecule has 0 aliphatic carbocycles. The van der Waals surface area contributed by atoms with E-state index in [2.05, 4.69) is 184 Å². The molecule has 11 aromatic carbocycles. The third-order valence-corrected chi connectivity index (χ3v) is 15.9. The summed E-state index contributed by atoms with van der Waals surface area (Å²) in [4.78, 5) is 39.0. The normalized spacial score (nSPS) is 10.8. The van der Waals surface area contributed by atoms with E-state index in [1.165, 1.54) is 33.4 Å². The van der Waals surface area contributed by atoms with Gasteiger partial charge in [0, 0.05) is 44.4 Å². The molecule has 0 N–H and O–H groups in total. The minimum Gasteiger partial charge on any atom is -0.255 e. The third kappa shape index (κ3) is 14.1. The lowest BCUT2D eigenvalue weighted by atomic mass is 9.97. The summed E-state index contributed by atoms with van der Waals surface area (Å²) in [6.45, 7) is 0. The van der Waals surface area contributed by atoms with E-state index in [1.54, 1.807) is 6.20 Å². The fourth-order valence-electron chi connectivity index (χ4n) is 10.8. The fraction of sp³-hybridized carbons (Fsp3) is 0. The summed E-state index contributed by atoms with van der Waals surface area (Å²) in [5, 5.41) is 5.00. The SMILES string of the molecule is Clc1nc(-c2ccc(-c3cccc(-c4ccccc4)c3)cc2)c2ccccc2n1.Clc1nc(-c2ccc(-c3ccccc3)cc2)c2ccccc2n1.Clc1nc(-c2cccc(-c3ccccc3)c2)c2ccccc2n1.Clc1nc(-c2ccccn2)c2ccccc2n1. The van der Waals surface area contributed by atoms with Crippen LogP contribution in [-0.4, -0.2) is 44.9 Å². The van der Waals surface area contributed by atoms with Gasteiger partial charge in [0.2, 0.25) is 21.1 Å². The van der Waals surface area contributed by atoms with Crippen molar-refractivity contribution in [1.29, 1.82) is 0 Å². The highest BCUT2D eigenvalue weighted by Gasteiger charge is 2.14. The van der Waals surface area contributed by atoms with Gasteiger partial charge < -0.3 is 0 Å². The van der Waals surface area contributed by atoms with E-state index in [9.17, 15) is 0 Å². The third-order valence-electron chi connectivity index (χ3n) is 15.2. The van der Waals surface area contributed by atoms with Crippen molar-refractivity contribution in [3.05, 3.63) is 331 Å². The molecule has 0 aliphatic heterocycles. The molecule has 0 aliphatic rings. The van der Waals surface area contributed by atoms with E-state index in [0.717, 1.165) is 99.9 Å². The highest BCUT2D eigenvalue weighted by atomic mass is 35.5. The second-order valence-electron chi connectivity index (χ2n) is 21.1. The van der Waals surface area contributed by atoms with Crippen LogP contribution in [0.15, 0.2) is 310 Å². The van der Waals surface area contributed by atoms with Gasteiger partial charge in [0.15, 0.2) is 0 Å². The molecule has 440 valence electrons. The average molecular weight is 1270 g/mol. The molecule has 0 fully saturated rings. The molecule has 5 aromatic heterocycles. The van der Waals surface area contributed by atoms with Gasteiger partial charge in [-0.1, -0.05) is 255 Å². The van der Waals surface area contributed by atoms with Crippen molar-refractivity contribution in [3.8, 4) is 89.7 Å². The van der Waals surface area contributed by atoms with Crippen LogP contribution in [0.1, 0.15) is 0 Å². The first kappa shape index (κ1) is 60.0. The summed E-state index contributed by atoms with van der Waals surface area (Å²) >= 11 is 24.3. The maximum absolute atomic E-state index is 6.15. The zero-order valence-corrected chi connectivity index (χ0v) is 52.0. The molecule has 13 heteroatoms.